The highest BCUT2D eigenvalue weighted by Crippen LogP contribution is 2.49. The van der Waals surface area contributed by atoms with Gasteiger partial charge in [-0.1, -0.05) is 13.3 Å². The van der Waals surface area contributed by atoms with Crippen LogP contribution in [0, 0.1) is 5.41 Å². The van der Waals surface area contributed by atoms with Crippen LogP contribution in [0.1, 0.15) is 26.2 Å². The number of carboxylic acids is 1. The van der Waals surface area contributed by atoms with E-state index in [9.17, 15) is 13.6 Å². The molecule has 1 aliphatic heterocycles. The van der Waals surface area contributed by atoms with Crippen molar-refractivity contribution in [2.24, 2.45) is 5.41 Å². The second-order valence-electron chi connectivity index (χ2n) is 3.64. The summed E-state index contributed by atoms with van der Waals surface area (Å²) in [6.45, 7) is 1.74. The normalized spacial score (nSPS) is 31.4. The van der Waals surface area contributed by atoms with E-state index in [1.807, 2.05) is 0 Å². The summed E-state index contributed by atoms with van der Waals surface area (Å²) in [5.41, 5.74) is -1.83. The number of carbonyl (C=O) groups is 1. The molecular weight excluding hydrogens is 210 g/mol. The van der Waals surface area contributed by atoms with E-state index in [0.717, 1.165) is 0 Å². The van der Waals surface area contributed by atoms with Gasteiger partial charge in [0.1, 0.15) is 5.41 Å². The molecular formula is C9H14F2O2S. The van der Waals surface area contributed by atoms with Gasteiger partial charge in [-0.05, 0) is 12.2 Å². The van der Waals surface area contributed by atoms with Gasteiger partial charge >= 0.3 is 5.97 Å². The van der Waals surface area contributed by atoms with Gasteiger partial charge in [0, 0.05) is 12.2 Å². The molecule has 1 aliphatic rings. The van der Waals surface area contributed by atoms with Crippen molar-refractivity contribution >= 4 is 17.7 Å². The Labute approximate surface area is 86.1 Å². The summed E-state index contributed by atoms with van der Waals surface area (Å²) in [6.07, 6.45) is 0.217. The molecule has 0 saturated carbocycles. The maximum absolute atomic E-state index is 13.6. The Morgan fingerprint density at radius 2 is 2.21 bits per heavy atom. The molecule has 0 amide bonds. The van der Waals surface area contributed by atoms with E-state index in [1.54, 1.807) is 6.92 Å². The molecule has 1 unspecified atom stereocenters. The zero-order chi connectivity index (χ0) is 10.8. The molecule has 0 bridgehead atoms. The molecule has 14 heavy (non-hydrogen) atoms. The van der Waals surface area contributed by atoms with Crippen molar-refractivity contribution in [3.8, 4) is 0 Å². The molecule has 0 aromatic carbocycles. The Bertz CT molecular complexity index is 229. The van der Waals surface area contributed by atoms with E-state index in [-0.39, 0.29) is 18.6 Å². The minimum absolute atomic E-state index is 0.0309. The fourth-order valence-corrected chi connectivity index (χ4v) is 3.17. The van der Waals surface area contributed by atoms with Crippen molar-refractivity contribution in [1.29, 1.82) is 0 Å². The van der Waals surface area contributed by atoms with Gasteiger partial charge in [-0.15, -0.1) is 0 Å². The Hall–Kier alpha value is -0.320. The summed E-state index contributed by atoms with van der Waals surface area (Å²) in [5.74, 6) is -4.02. The van der Waals surface area contributed by atoms with Crippen molar-refractivity contribution in [3.63, 3.8) is 0 Å². The van der Waals surface area contributed by atoms with Gasteiger partial charge in [-0.3, -0.25) is 4.79 Å². The van der Waals surface area contributed by atoms with Gasteiger partial charge in [-0.2, -0.15) is 11.8 Å². The minimum Gasteiger partial charge on any atom is -0.481 e. The van der Waals surface area contributed by atoms with Crippen LogP contribution in [0.3, 0.4) is 0 Å². The molecule has 0 aromatic rings. The lowest BCUT2D eigenvalue weighted by atomic mass is 9.77. The van der Waals surface area contributed by atoms with Crippen molar-refractivity contribution in [2.45, 2.75) is 32.1 Å². The van der Waals surface area contributed by atoms with Crippen LogP contribution < -0.4 is 0 Å². The lowest BCUT2D eigenvalue weighted by Gasteiger charge is -2.39. The van der Waals surface area contributed by atoms with Gasteiger partial charge in [0.05, 0.1) is 0 Å². The van der Waals surface area contributed by atoms with E-state index >= 15 is 0 Å². The summed E-state index contributed by atoms with van der Waals surface area (Å²) >= 11 is 1.31. The van der Waals surface area contributed by atoms with E-state index in [2.05, 4.69) is 0 Å². The number of halogens is 2. The SMILES string of the molecule is CCCC1(C(=O)O)CSCCC1(F)F. The number of alkyl halides is 2. The zero-order valence-electron chi connectivity index (χ0n) is 8.06. The summed E-state index contributed by atoms with van der Waals surface area (Å²) in [5, 5.41) is 8.96. The molecule has 2 nitrogen and oxygen atoms in total. The Balaban J connectivity index is 2.98. The van der Waals surface area contributed by atoms with E-state index in [0.29, 0.717) is 12.2 Å². The first-order valence-electron chi connectivity index (χ1n) is 4.65. The number of thioether (sulfide) groups is 1. The predicted molar refractivity (Wildman–Crippen MR) is 51.9 cm³/mol. The number of hydrogen-bond donors (Lipinski definition) is 1. The summed E-state index contributed by atoms with van der Waals surface area (Å²) in [4.78, 5) is 11.0. The van der Waals surface area contributed by atoms with Crippen LogP contribution in [0.4, 0.5) is 8.78 Å². The van der Waals surface area contributed by atoms with Crippen LogP contribution in [0.5, 0.6) is 0 Å². The van der Waals surface area contributed by atoms with E-state index in [4.69, 9.17) is 5.11 Å². The molecule has 0 spiro atoms. The molecule has 82 valence electrons. The molecule has 1 atom stereocenters. The maximum atomic E-state index is 13.6. The minimum atomic E-state index is -3.06. The van der Waals surface area contributed by atoms with Gasteiger partial charge in [0.25, 0.3) is 5.92 Å². The van der Waals surface area contributed by atoms with Crippen LogP contribution in [-0.2, 0) is 4.79 Å². The summed E-state index contributed by atoms with van der Waals surface area (Å²) in [6, 6.07) is 0. The van der Waals surface area contributed by atoms with Gasteiger partial charge < -0.3 is 5.11 Å². The first-order valence-corrected chi connectivity index (χ1v) is 5.81. The zero-order valence-corrected chi connectivity index (χ0v) is 8.87. The van der Waals surface area contributed by atoms with Crippen LogP contribution in [0.15, 0.2) is 0 Å². The second kappa shape index (κ2) is 4.04. The first-order chi connectivity index (χ1) is 6.46. The molecule has 1 N–H and O–H groups in total. The van der Waals surface area contributed by atoms with Gasteiger partial charge in [0.15, 0.2) is 0 Å². The van der Waals surface area contributed by atoms with Crippen LogP contribution in [0.25, 0.3) is 0 Å². The molecule has 0 radical (unpaired) electrons. The molecule has 0 aliphatic carbocycles. The average molecular weight is 224 g/mol. The van der Waals surface area contributed by atoms with E-state index < -0.39 is 17.3 Å². The third-order valence-corrected chi connectivity index (χ3v) is 3.88. The highest BCUT2D eigenvalue weighted by atomic mass is 32.2. The number of rotatable bonds is 3. The van der Waals surface area contributed by atoms with Crippen LogP contribution >= 0.6 is 11.8 Å². The Morgan fingerprint density at radius 1 is 1.57 bits per heavy atom. The summed E-state index contributed by atoms with van der Waals surface area (Å²) < 4.78 is 27.1. The van der Waals surface area contributed by atoms with E-state index in [1.165, 1.54) is 11.8 Å². The number of aliphatic carboxylic acids is 1. The molecule has 5 heteroatoms. The Morgan fingerprint density at radius 3 is 2.64 bits per heavy atom. The Kier molecular flexibility index (Phi) is 3.40. The van der Waals surface area contributed by atoms with Crippen molar-refractivity contribution in [3.05, 3.63) is 0 Å². The van der Waals surface area contributed by atoms with Crippen molar-refractivity contribution < 1.29 is 18.7 Å². The van der Waals surface area contributed by atoms with Crippen molar-refractivity contribution in [2.75, 3.05) is 11.5 Å². The molecule has 1 saturated heterocycles. The smallest absolute Gasteiger partial charge is 0.316 e. The van der Waals surface area contributed by atoms with Crippen molar-refractivity contribution in [1.82, 2.24) is 0 Å². The lowest BCUT2D eigenvalue weighted by molar-refractivity contribution is -0.178. The first kappa shape index (κ1) is 11.8. The fourth-order valence-electron chi connectivity index (χ4n) is 1.80. The number of hydrogen-bond acceptors (Lipinski definition) is 2. The highest BCUT2D eigenvalue weighted by Gasteiger charge is 2.59. The quantitative estimate of drug-likeness (QED) is 0.800. The standard InChI is InChI=1S/C9H14F2O2S/c1-2-3-8(7(12)13)6-14-5-4-9(8,10)11/h2-6H2,1H3,(H,12,13). The average Bonchev–Trinajstić information content (AvgIpc) is 2.08. The largest absolute Gasteiger partial charge is 0.481 e. The third-order valence-electron chi connectivity index (χ3n) is 2.70. The van der Waals surface area contributed by atoms with Gasteiger partial charge in [0.2, 0.25) is 0 Å². The fraction of sp³-hybridized carbons (Fsp3) is 0.889. The third kappa shape index (κ3) is 1.74. The van der Waals surface area contributed by atoms with Gasteiger partial charge in [-0.25, -0.2) is 8.78 Å². The second-order valence-corrected chi connectivity index (χ2v) is 4.75. The number of carboxylic acid groups (broad SMARTS) is 1. The highest BCUT2D eigenvalue weighted by molar-refractivity contribution is 7.99. The topological polar surface area (TPSA) is 37.3 Å². The monoisotopic (exact) mass is 224 g/mol. The molecule has 1 heterocycles. The lowest BCUT2D eigenvalue weighted by Crippen LogP contribution is -2.52. The maximum Gasteiger partial charge on any atom is 0.316 e. The molecule has 0 aromatic heterocycles. The molecule has 1 fully saturated rings. The summed E-state index contributed by atoms with van der Waals surface area (Å²) in [7, 11) is 0. The van der Waals surface area contributed by atoms with Crippen LogP contribution in [-0.4, -0.2) is 28.5 Å². The molecule has 1 rings (SSSR count). The predicted octanol–water partition coefficient (Wildman–Crippen LogP) is 2.63. The van der Waals surface area contributed by atoms with Crippen LogP contribution in [0.2, 0.25) is 0 Å².